The van der Waals surface area contributed by atoms with Gasteiger partial charge in [-0.05, 0) is 29.8 Å². The number of benzene rings is 3. The SMILES string of the molecule is O=C(OC(Cn1cnc2ccccc21)c1ccccc1)c1ccccc1. The van der Waals surface area contributed by atoms with Crippen LogP contribution in [0.1, 0.15) is 22.0 Å². The van der Waals surface area contributed by atoms with Crippen LogP contribution in [0.25, 0.3) is 11.0 Å². The Bertz CT molecular complexity index is 1010. The number of fused-ring (bicyclic) bond motifs is 1. The van der Waals surface area contributed by atoms with Crippen LogP contribution in [0.5, 0.6) is 0 Å². The highest BCUT2D eigenvalue weighted by molar-refractivity contribution is 5.89. The molecule has 0 aliphatic carbocycles. The summed E-state index contributed by atoms with van der Waals surface area (Å²) >= 11 is 0. The minimum atomic E-state index is -0.401. The molecule has 4 rings (SSSR count). The Morgan fingerprint density at radius 3 is 2.31 bits per heavy atom. The van der Waals surface area contributed by atoms with E-state index in [1.165, 1.54) is 0 Å². The molecule has 0 spiro atoms. The second-order valence-electron chi connectivity index (χ2n) is 6.06. The third-order valence-corrected chi connectivity index (χ3v) is 4.32. The van der Waals surface area contributed by atoms with E-state index in [-0.39, 0.29) is 5.97 Å². The van der Waals surface area contributed by atoms with Crippen molar-refractivity contribution in [2.24, 2.45) is 0 Å². The van der Waals surface area contributed by atoms with E-state index in [9.17, 15) is 4.79 Å². The highest BCUT2D eigenvalue weighted by Crippen LogP contribution is 2.23. The van der Waals surface area contributed by atoms with Crippen LogP contribution in [0, 0.1) is 0 Å². The van der Waals surface area contributed by atoms with E-state index in [1.54, 1.807) is 18.5 Å². The molecule has 0 aliphatic heterocycles. The number of ether oxygens (including phenoxy) is 1. The predicted molar refractivity (Wildman–Crippen MR) is 101 cm³/mol. The van der Waals surface area contributed by atoms with Crippen LogP contribution in [-0.2, 0) is 11.3 Å². The molecular weight excluding hydrogens is 324 g/mol. The summed E-state index contributed by atoms with van der Waals surface area (Å²) in [5.41, 5.74) is 3.44. The molecule has 1 aromatic heterocycles. The van der Waals surface area contributed by atoms with E-state index in [1.807, 2.05) is 77.4 Å². The molecule has 0 N–H and O–H groups in total. The van der Waals surface area contributed by atoms with E-state index in [0.717, 1.165) is 16.6 Å². The number of hydrogen-bond acceptors (Lipinski definition) is 3. The predicted octanol–water partition coefficient (Wildman–Crippen LogP) is 4.63. The van der Waals surface area contributed by atoms with E-state index in [2.05, 4.69) is 4.98 Å². The van der Waals surface area contributed by atoms with Crippen molar-refractivity contribution in [1.29, 1.82) is 0 Å². The zero-order valence-electron chi connectivity index (χ0n) is 14.2. The Kier molecular flexibility index (Phi) is 4.48. The molecule has 0 saturated carbocycles. The smallest absolute Gasteiger partial charge is 0.338 e. The number of aromatic nitrogens is 2. The number of para-hydroxylation sites is 2. The first-order chi connectivity index (χ1) is 12.8. The molecule has 4 nitrogen and oxygen atoms in total. The van der Waals surface area contributed by atoms with Crippen LogP contribution in [0.2, 0.25) is 0 Å². The van der Waals surface area contributed by atoms with Gasteiger partial charge in [0.2, 0.25) is 0 Å². The van der Waals surface area contributed by atoms with Gasteiger partial charge in [-0.3, -0.25) is 0 Å². The van der Waals surface area contributed by atoms with Gasteiger partial charge in [0.15, 0.2) is 0 Å². The van der Waals surface area contributed by atoms with Gasteiger partial charge >= 0.3 is 5.97 Å². The van der Waals surface area contributed by atoms with Crippen LogP contribution in [-0.4, -0.2) is 15.5 Å². The number of esters is 1. The molecule has 4 aromatic rings. The van der Waals surface area contributed by atoms with Crippen LogP contribution >= 0.6 is 0 Å². The standard InChI is InChI=1S/C22H18N2O2/c25-22(18-11-5-2-6-12-18)26-21(17-9-3-1-4-10-17)15-24-16-23-19-13-7-8-14-20(19)24/h1-14,16,21H,15H2. The van der Waals surface area contributed by atoms with Gasteiger partial charge in [-0.1, -0.05) is 60.7 Å². The first-order valence-corrected chi connectivity index (χ1v) is 8.52. The lowest BCUT2D eigenvalue weighted by Crippen LogP contribution is -2.17. The van der Waals surface area contributed by atoms with E-state index in [4.69, 9.17) is 4.74 Å². The molecule has 0 amide bonds. The highest BCUT2D eigenvalue weighted by Gasteiger charge is 2.19. The summed E-state index contributed by atoms with van der Waals surface area (Å²) in [6.45, 7) is 0.503. The molecule has 1 heterocycles. The topological polar surface area (TPSA) is 44.1 Å². The van der Waals surface area contributed by atoms with E-state index < -0.39 is 6.10 Å². The fraction of sp³-hybridized carbons (Fsp3) is 0.0909. The van der Waals surface area contributed by atoms with Gasteiger partial charge in [0.1, 0.15) is 6.10 Å². The molecule has 1 unspecified atom stereocenters. The van der Waals surface area contributed by atoms with Crippen molar-refractivity contribution in [3.63, 3.8) is 0 Å². The van der Waals surface area contributed by atoms with Crippen molar-refractivity contribution in [2.75, 3.05) is 0 Å². The summed E-state index contributed by atoms with van der Waals surface area (Å²) in [5.74, 6) is -0.330. The fourth-order valence-electron chi connectivity index (χ4n) is 2.98. The van der Waals surface area contributed by atoms with Gasteiger partial charge in [-0.2, -0.15) is 0 Å². The number of carbonyl (C=O) groups is 1. The summed E-state index contributed by atoms with van der Waals surface area (Å²) in [5, 5.41) is 0. The lowest BCUT2D eigenvalue weighted by atomic mass is 10.1. The highest BCUT2D eigenvalue weighted by atomic mass is 16.5. The molecule has 4 heteroatoms. The van der Waals surface area contributed by atoms with Gasteiger partial charge < -0.3 is 9.30 Å². The summed E-state index contributed by atoms with van der Waals surface area (Å²) in [7, 11) is 0. The summed E-state index contributed by atoms with van der Waals surface area (Å²) in [6, 6.07) is 26.8. The quantitative estimate of drug-likeness (QED) is 0.497. The van der Waals surface area contributed by atoms with Gasteiger partial charge in [0, 0.05) is 0 Å². The lowest BCUT2D eigenvalue weighted by molar-refractivity contribution is 0.0258. The average molecular weight is 342 g/mol. The number of hydrogen-bond donors (Lipinski definition) is 0. The van der Waals surface area contributed by atoms with Crippen molar-refractivity contribution >= 4 is 17.0 Å². The van der Waals surface area contributed by atoms with E-state index >= 15 is 0 Å². The van der Waals surface area contributed by atoms with Crippen LogP contribution in [0.15, 0.2) is 91.3 Å². The van der Waals surface area contributed by atoms with Crippen molar-refractivity contribution in [3.05, 3.63) is 102 Å². The summed E-state index contributed by atoms with van der Waals surface area (Å²) in [4.78, 5) is 17.0. The molecular formula is C22H18N2O2. The second-order valence-corrected chi connectivity index (χ2v) is 6.06. The van der Waals surface area contributed by atoms with Crippen molar-refractivity contribution in [3.8, 4) is 0 Å². The summed E-state index contributed by atoms with van der Waals surface area (Å²) in [6.07, 6.45) is 1.39. The summed E-state index contributed by atoms with van der Waals surface area (Å²) < 4.78 is 7.88. The lowest BCUT2D eigenvalue weighted by Gasteiger charge is -2.19. The Morgan fingerprint density at radius 1 is 0.885 bits per heavy atom. The fourth-order valence-corrected chi connectivity index (χ4v) is 2.98. The average Bonchev–Trinajstić information content (AvgIpc) is 3.12. The Balaban J connectivity index is 1.64. The van der Waals surface area contributed by atoms with Gasteiger partial charge in [0.05, 0.1) is 29.5 Å². The zero-order chi connectivity index (χ0) is 17.8. The first-order valence-electron chi connectivity index (χ1n) is 8.52. The van der Waals surface area contributed by atoms with Gasteiger partial charge in [0.25, 0.3) is 0 Å². The maximum Gasteiger partial charge on any atom is 0.338 e. The third-order valence-electron chi connectivity index (χ3n) is 4.32. The number of rotatable bonds is 5. The molecule has 0 fully saturated rings. The molecule has 0 saturated heterocycles. The third kappa shape index (κ3) is 3.35. The molecule has 1 atom stereocenters. The first kappa shape index (κ1) is 16.1. The monoisotopic (exact) mass is 342 g/mol. The molecule has 128 valence electrons. The van der Waals surface area contributed by atoms with Crippen molar-refractivity contribution in [2.45, 2.75) is 12.6 Å². The Morgan fingerprint density at radius 2 is 1.54 bits per heavy atom. The normalized spacial score (nSPS) is 12.0. The van der Waals surface area contributed by atoms with Crippen molar-refractivity contribution < 1.29 is 9.53 Å². The van der Waals surface area contributed by atoms with Gasteiger partial charge in [-0.15, -0.1) is 0 Å². The zero-order valence-corrected chi connectivity index (χ0v) is 14.2. The molecule has 3 aromatic carbocycles. The molecule has 0 aliphatic rings. The number of imidazole rings is 1. The van der Waals surface area contributed by atoms with E-state index in [0.29, 0.717) is 12.1 Å². The molecule has 0 radical (unpaired) electrons. The largest absolute Gasteiger partial charge is 0.452 e. The van der Waals surface area contributed by atoms with Crippen LogP contribution in [0.4, 0.5) is 0 Å². The maximum atomic E-state index is 12.6. The number of nitrogens with zero attached hydrogens (tertiary/aromatic N) is 2. The number of carbonyl (C=O) groups excluding carboxylic acids is 1. The van der Waals surface area contributed by atoms with Crippen LogP contribution < -0.4 is 0 Å². The second kappa shape index (κ2) is 7.23. The van der Waals surface area contributed by atoms with Crippen LogP contribution in [0.3, 0.4) is 0 Å². The van der Waals surface area contributed by atoms with Gasteiger partial charge in [-0.25, -0.2) is 9.78 Å². The molecule has 0 bridgehead atoms. The molecule has 26 heavy (non-hydrogen) atoms. The Labute approximate surface area is 151 Å². The minimum absolute atomic E-state index is 0.330. The Hall–Kier alpha value is -3.40. The van der Waals surface area contributed by atoms with Crippen molar-refractivity contribution in [1.82, 2.24) is 9.55 Å². The minimum Gasteiger partial charge on any atom is -0.452 e. The maximum absolute atomic E-state index is 12.6.